The normalized spacial score (nSPS) is 17.4. The molecule has 0 N–H and O–H groups in total. The SMILES string of the molecule is CC1=Cc2c(C(C)C)cccc2[CH]1[Zr+2].[Cl-].[Cl-]. The average molecular weight is 333 g/mol. The molecule has 0 heterocycles. The molecular weight excluding hydrogens is 318 g/mol. The Balaban J connectivity index is 0.00000112. The molecule has 3 heteroatoms. The van der Waals surface area contributed by atoms with Crippen molar-refractivity contribution in [2.24, 2.45) is 0 Å². The number of fused-ring (bicyclic) bond motifs is 1. The fourth-order valence-electron chi connectivity index (χ4n) is 2.08. The van der Waals surface area contributed by atoms with Gasteiger partial charge in [0.2, 0.25) is 0 Å². The summed E-state index contributed by atoms with van der Waals surface area (Å²) in [6, 6.07) is 6.76. The second kappa shape index (κ2) is 6.38. The molecule has 1 aliphatic carbocycles. The third-order valence-corrected chi connectivity index (χ3v) is 4.82. The molecule has 2 rings (SSSR count). The van der Waals surface area contributed by atoms with Crippen molar-refractivity contribution in [2.45, 2.75) is 30.3 Å². The molecule has 85 valence electrons. The van der Waals surface area contributed by atoms with E-state index in [2.05, 4.69) is 45.0 Å². The monoisotopic (exact) mass is 331 g/mol. The van der Waals surface area contributed by atoms with Crippen LogP contribution in [-0.2, 0) is 24.7 Å². The summed E-state index contributed by atoms with van der Waals surface area (Å²) in [5, 5.41) is 0. The molecule has 0 aromatic heterocycles. The van der Waals surface area contributed by atoms with Crippen molar-refractivity contribution in [2.75, 3.05) is 0 Å². The summed E-state index contributed by atoms with van der Waals surface area (Å²) in [5.41, 5.74) is 6.09. The van der Waals surface area contributed by atoms with E-state index < -0.39 is 0 Å². The van der Waals surface area contributed by atoms with Gasteiger partial charge in [-0.15, -0.1) is 0 Å². The van der Waals surface area contributed by atoms with E-state index >= 15 is 0 Å². The standard InChI is InChI=1S/C13H15.2ClH.Zr/c1-9(2)12-6-4-5-11-7-10(3)8-13(11)12;;;/h4-9H,1-3H3;2*1H;/q;;;+2/p-2. The van der Waals surface area contributed by atoms with Gasteiger partial charge in [-0.2, -0.15) is 0 Å². The maximum atomic E-state index is 2.38. The van der Waals surface area contributed by atoms with Crippen molar-refractivity contribution in [3.05, 3.63) is 40.5 Å². The quantitative estimate of drug-likeness (QED) is 0.549. The van der Waals surface area contributed by atoms with E-state index in [0.717, 1.165) is 0 Å². The minimum Gasteiger partial charge on any atom is -1.00 e. The van der Waals surface area contributed by atoms with Crippen LogP contribution in [0.1, 0.15) is 47.0 Å². The van der Waals surface area contributed by atoms with Crippen LogP contribution in [0.3, 0.4) is 0 Å². The van der Waals surface area contributed by atoms with Gasteiger partial charge in [0.1, 0.15) is 0 Å². The molecule has 0 saturated carbocycles. The molecule has 1 aromatic carbocycles. The molecule has 0 amide bonds. The number of allylic oxidation sites excluding steroid dienone is 1. The zero-order valence-corrected chi connectivity index (χ0v) is 13.7. The molecule has 1 unspecified atom stereocenters. The molecule has 0 aliphatic heterocycles. The fourth-order valence-corrected chi connectivity index (χ4v) is 2.90. The number of rotatable bonds is 1. The molecule has 0 fully saturated rings. The van der Waals surface area contributed by atoms with E-state index in [1.807, 2.05) is 0 Å². The van der Waals surface area contributed by atoms with Crippen LogP contribution in [0, 0.1) is 0 Å². The maximum absolute atomic E-state index is 2.38. The van der Waals surface area contributed by atoms with E-state index in [4.69, 9.17) is 0 Å². The number of halogens is 2. The van der Waals surface area contributed by atoms with Gasteiger partial charge in [0.05, 0.1) is 0 Å². The van der Waals surface area contributed by atoms with Crippen LogP contribution in [0.5, 0.6) is 0 Å². The van der Waals surface area contributed by atoms with Crippen molar-refractivity contribution < 1.29 is 49.5 Å². The Morgan fingerprint density at radius 2 is 1.81 bits per heavy atom. The first kappa shape index (κ1) is 16.4. The molecule has 1 atom stereocenters. The maximum Gasteiger partial charge on any atom is -1.00 e. The molecule has 0 spiro atoms. The Morgan fingerprint density at radius 1 is 1.19 bits per heavy atom. The Kier molecular flexibility index (Phi) is 6.55. The fraction of sp³-hybridized carbons (Fsp3) is 0.385. The summed E-state index contributed by atoms with van der Waals surface area (Å²) in [7, 11) is 0. The van der Waals surface area contributed by atoms with Gasteiger partial charge in [-0.25, -0.2) is 0 Å². The van der Waals surface area contributed by atoms with Crippen LogP contribution in [0.4, 0.5) is 0 Å². The molecule has 0 bridgehead atoms. The van der Waals surface area contributed by atoms with E-state index in [1.165, 1.54) is 16.7 Å². The third-order valence-electron chi connectivity index (χ3n) is 2.93. The average Bonchev–Trinajstić information content (AvgIpc) is 2.43. The predicted octanol–water partition coefficient (Wildman–Crippen LogP) is -2.18. The summed E-state index contributed by atoms with van der Waals surface area (Å²) in [4.78, 5) is 0. The minimum atomic E-state index is 0. The first-order valence-electron chi connectivity index (χ1n) is 5.13. The van der Waals surface area contributed by atoms with Gasteiger partial charge in [-0.1, -0.05) is 0 Å². The Morgan fingerprint density at radius 3 is 2.38 bits per heavy atom. The van der Waals surface area contributed by atoms with Gasteiger partial charge < -0.3 is 24.8 Å². The van der Waals surface area contributed by atoms with Crippen molar-refractivity contribution >= 4 is 6.08 Å². The van der Waals surface area contributed by atoms with Gasteiger partial charge in [0.15, 0.2) is 0 Å². The van der Waals surface area contributed by atoms with Crippen molar-refractivity contribution in [1.82, 2.24) is 0 Å². The number of benzene rings is 1. The first-order valence-corrected chi connectivity index (χ1v) is 6.55. The number of hydrogen-bond acceptors (Lipinski definition) is 0. The van der Waals surface area contributed by atoms with Crippen molar-refractivity contribution in [3.8, 4) is 0 Å². The van der Waals surface area contributed by atoms with Crippen LogP contribution < -0.4 is 24.8 Å². The Labute approximate surface area is 126 Å². The second-order valence-electron chi connectivity index (χ2n) is 4.33. The van der Waals surface area contributed by atoms with E-state index in [1.54, 1.807) is 30.3 Å². The van der Waals surface area contributed by atoms with Crippen LogP contribution in [0.25, 0.3) is 6.08 Å². The molecule has 0 nitrogen and oxygen atoms in total. The summed E-state index contributed by atoms with van der Waals surface area (Å²) in [5.74, 6) is 0.634. The molecule has 0 radical (unpaired) electrons. The summed E-state index contributed by atoms with van der Waals surface area (Å²) < 4.78 is 0.705. The topological polar surface area (TPSA) is 0 Å². The zero-order chi connectivity index (χ0) is 10.3. The molecule has 16 heavy (non-hydrogen) atoms. The van der Waals surface area contributed by atoms with Gasteiger partial charge in [-0.05, 0) is 0 Å². The summed E-state index contributed by atoms with van der Waals surface area (Å²) >= 11 is 1.61. The van der Waals surface area contributed by atoms with E-state index in [0.29, 0.717) is 9.54 Å². The smallest absolute Gasteiger partial charge is 1.00 e. The number of hydrogen-bond donors (Lipinski definition) is 0. The van der Waals surface area contributed by atoms with E-state index in [-0.39, 0.29) is 24.8 Å². The molecule has 0 saturated heterocycles. The largest absolute Gasteiger partial charge is 1.00 e. The van der Waals surface area contributed by atoms with Crippen molar-refractivity contribution in [1.29, 1.82) is 0 Å². The Bertz CT molecular complexity index is 397. The van der Waals surface area contributed by atoms with Gasteiger partial charge in [-0.3, -0.25) is 0 Å². The molecule has 1 aromatic rings. The predicted molar refractivity (Wildman–Crippen MR) is 56.9 cm³/mol. The van der Waals surface area contributed by atoms with Gasteiger partial charge >= 0.3 is 102 Å². The first-order chi connectivity index (χ1) is 6.61. The third kappa shape index (κ3) is 2.81. The zero-order valence-electron chi connectivity index (χ0n) is 9.72. The van der Waals surface area contributed by atoms with E-state index in [9.17, 15) is 0 Å². The van der Waals surface area contributed by atoms with Crippen LogP contribution in [-0.4, -0.2) is 0 Å². The second-order valence-corrected chi connectivity index (χ2v) is 5.75. The molecular formula is C13H15Cl2Zr. The minimum absolute atomic E-state index is 0. The van der Waals surface area contributed by atoms with Crippen LogP contribution in [0.2, 0.25) is 0 Å². The van der Waals surface area contributed by atoms with Crippen molar-refractivity contribution in [3.63, 3.8) is 0 Å². The summed E-state index contributed by atoms with van der Waals surface area (Å²) in [6.45, 7) is 6.80. The summed E-state index contributed by atoms with van der Waals surface area (Å²) in [6.07, 6.45) is 2.38. The van der Waals surface area contributed by atoms with Crippen LogP contribution in [0.15, 0.2) is 23.8 Å². The molecule has 1 aliphatic rings. The van der Waals surface area contributed by atoms with Gasteiger partial charge in [0, 0.05) is 0 Å². The Hall–Kier alpha value is 0.423. The van der Waals surface area contributed by atoms with Gasteiger partial charge in [0.25, 0.3) is 0 Å². The van der Waals surface area contributed by atoms with Crippen LogP contribution >= 0.6 is 0 Å².